The molecule has 1 rings (SSSR count). The van der Waals surface area contributed by atoms with Gasteiger partial charge in [-0.05, 0) is 32.4 Å². The molecule has 0 aliphatic rings. The van der Waals surface area contributed by atoms with Gasteiger partial charge in [0.1, 0.15) is 17.6 Å². The maximum Gasteiger partial charge on any atom is 0.242 e. The molecule has 0 spiro atoms. The minimum atomic E-state index is -0.518. The highest BCUT2D eigenvalue weighted by Gasteiger charge is 2.16. The van der Waals surface area contributed by atoms with Crippen molar-refractivity contribution in [3.63, 3.8) is 0 Å². The first kappa shape index (κ1) is 15.3. The summed E-state index contributed by atoms with van der Waals surface area (Å²) in [6.45, 7) is 5.61. The Morgan fingerprint density at radius 1 is 1.42 bits per heavy atom. The minimum absolute atomic E-state index is 0.104. The van der Waals surface area contributed by atoms with Crippen molar-refractivity contribution >= 4 is 11.6 Å². The standard InChI is InChI=1S/C14H21FN2O2/c1-5-9(2)16-14(18)10(3)17-13-8-11(19-4)6-7-12(13)15/h6-10,17H,5H2,1-4H3,(H,16,18). The largest absolute Gasteiger partial charge is 0.497 e. The third-order valence-electron chi connectivity index (χ3n) is 2.94. The van der Waals surface area contributed by atoms with Crippen LogP contribution in [0.4, 0.5) is 10.1 Å². The van der Waals surface area contributed by atoms with E-state index in [9.17, 15) is 9.18 Å². The van der Waals surface area contributed by atoms with Crippen LogP contribution in [0.1, 0.15) is 27.2 Å². The number of carbonyl (C=O) groups is 1. The smallest absolute Gasteiger partial charge is 0.242 e. The summed E-state index contributed by atoms with van der Waals surface area (Å²) in [6, 6.07) is 3.95. The summed E-state index contributed by atoms with van der Waals surface area (Å²) in [5, 5.41) is 5.69. The zero-order chi connectivity index (χ0) is 14.4. The fourth-order valence-electron chi connectivity index (χ4n) is 1.51. The molecule has 0 radical (unpaired) electrons. The number of hydrogen-bond donors (Lipinski definition) is 2. The Kier molecular flexibility index (Phi) is 5.60. The van der Waals surface area contributed by atoms with Crippen molar-refractivity contribution in [1.29, 1.82) is 0 Å². The summed E-state index contributed by atoms with van der Waals surface area (Å²) in [5.41, 5.74) is 0.256. The minimum Gasteiger partial charge on any atom is -0.497 e. The van der Waals surface area contributed by atoms with Crippen molar-refractivity contribution in [2.24, 2.45) is 0 Å². The molecular weight excluding hydrogens is 247 g/mol. The number of halogens is 1. The van der Waals surface area contributed by atoms with Crippen LogP contribution in [-0.4, -0.2) is 25.1 Å². The Morgan fingerprint density at radius 2 is 2.11 bits per heavy atom. The molecule has 5 heteroatoms. The third-order valence-corrected chi connectivity index (χ3v) is 2.94. The van der Waals surface area contributed by atoms with Gasteiger partial charge in [-0.1, -0.05) is 6.92 Å². The van der Waals surface area contributed by atoms with E-state index < -0.39 is 11.9 Å². The lowest BCUT2D eigenvalue weighted by Gasteiger charge is -2.19. The Morgan fingerprint density at radius 3 is 2.68 bits per heavy atom. The molecule has 2 N–H and O–H groups in total. The Hall–Kier alpha value is -1.78. The Balaban J connectivity index is 2.70. The molecule has 0 aliphatic heterocycles. The Bertz CT molecular complexity index is 437. The third kappa shape index (κ3) is 4.43. The molecule has 2 unspecified atom stereocenters. The maximum absolute atomic E-state index is 13.6. The van der Waals surface area contributed by atoms with Gasteiger partial charge in [0.05, 0.1) is 12.8 Å². The number of ether oxygens (including phenoxy) is 1. The zero-order valence-electron chi connectivity index (χ0n) is 11.8. The molecule has 0 saturated heterocycles. The van der Waals surface area contributed by atoms with Gasteiger partial charge in [0.15, 0.2) is 0 Å². The molecule has 4 nitrogen and oxygen atoms in total. The van der Waals surface area contributed by atoms with Crippen LogP contribution in [0.5, 0.6) is 5.75 Å². The van der Waals surface area contributed by atoms with Crippen molar-refractivity contribution in [3.8, 4) is 5.75 Å². The van der Waals surface area contributed by atoms with Gasteiger partial charge >= 0.3 is 0 Å². The van der Waals surface area contributed by atoms with Crippen LogP contribution < -0.4 is 15.4 Å². The van der Waals surface area contributed by atoms with Gasteiger partial charge in [0, 0.05) is 12.1 Å². The van der Waals surface area contributed by atoms with Crippen molar-refractivity contribution in [2.75, 3.05) is 12.4 Å². The highest BCUT2D eigenvalue weighted by molar-refractivity contribution is 5.84. The fourth-order valence-corrected chi connectivity index (χ4v) is 1.51. The number of nitrogens with one attached hydrogen (secondary N) is 2. The summed E-state index contributed by atoms with van der Waals surface area (Å²) in [7, 11) is 1.51. The summed E-state index contributed by atoms with van der Waals surface area (Å²) in [5.74, 6) is -0.0287. The molecule has 19 heavy (non-hydrogen) atoms. The number of rotatable bonds is 6. The number of hydrogen-bond acceptors (Lipinski definition) is 3. The van der Waals surface area contributed by atoms with Crippen LogP contribution in [0, 0.1) is 5.82 Å². The topological polar surface area (TPSA) is 50.4 Å². The van der Waals surface area contributed by atoms with Gasteiger partial charge in [-0.15, -0.1) is 0 Å². The second kappa shape index (κ2) is 6.97. The van der Waals surface area contributed by atoms with E-state index in [0.29, 0.717) is 5.75 Å². The first-order chi connectivity index (χ1) is 8.97. The average Bonchev–Trinajstić information content (AvgIpc) is 2.40. The normalized spacial score (nSPS) is 13.5. The van der Waals surface area contributed by atoms with Gasteiger partial charge in [-0.25, -0.2) is 4.39 Å². The second-order valence-electron chi connectivity index (χ2n) is 4.53. The van der Waals surface area contributed by atoms with Crippen LogP contribution in [0.3, 0.4) is 0 Å². The number of amides is 1. The van der Waals surface area contributed by atoms with Crippen molar-refractivity contribution in [3.05, 3.63) is 24.0 Å². The molecule has 0 aromatic heterocycles. The first-order valence-corrected chi connectivity index (χ1v) is 6.38. The van der Waals surface area contributed by atoms with Crippen LogP contribution in [0.2, 0.25) is 0 Å². The monoisotopic (exact) mass is 268 g/mol. The number of benzene rings is 1. The summed E-state index contributed by atoms with van der Waals surface area (Å²) in [6.07, 6.45) is 0.853. The first-order valence-electron chi connectivity index (χ1n) is 6.38. The zero-order valence-corrected chi connectivity index (χ0v) is 11.8. The van der Waals surface area contributed by atoms with Crippen LogP contribution in [0.15, 0.2) is 18.2 Å². The quantitative estimate of drug-likeness (QED) is 0.833. The van der Waals surface area contributed by atoms with Crippen molar-refractivity contribution < 1.29 is 13.9 Å². The average molecular weight is 268 g/mol. The molecule has 1 amide bonds. The van der Waals surface area contributed by atoms with E-state index >= 15 is 0 Å². The summed E-state index contributed by atoms with van der Waals surface area (Å²) in [4.78, 5) is 11.9. The van der Waals surface area contributed by atoms with E-state index in [0.717, 1.165) is 6.42 Å². The molecule has 0 aliphatic carbocycles. The predicted octanol–water partition coefficient (Wildman–Crippen LogP) is 2.55. The maximum atomic E-state index is 13.6. The lowest BCUT2D eigenvalue weighted by molar-refractivity contribution is -0.122. The van der Waals surface area contributed by atoms with E-state index in [-0.39, 0.29) is 17.6 Å². The van der Waals surface area contributed by atoms with Crippen molar-refractivity contribution in [2.45, 2.75) is 39.3 Å². The molecule has 0 fully saturated rings. The molecule has 106 valence electrons. The van der Waals surface area contributed by atoms with E-state index in [4.69, 9.17) is 4.74 Å². The van der Waals surface area contributed by atoms with Gasteiger partial charge < -0.3 is 15.4 Å². The van der Waals surface area contributed by atoms with E-state index in [1.165, 1.54) is 25.3 Å². The SMILES string of the molecule is CCC(C)NC(=O)C(C)Nc1cc(OC)ccc1F. The second-order valence-corrected chi connectivity index (χ2v) is 4.53. The van der Waals surface area contributed by atoms with Gasteiger partial charge in [-0.2, -0.15) is 0 Å². The van der Waals surface area contributed by atoms with E-state index in [2.05, 4.69) is 10.6 Å². The molecule has 1 aromatic carbocycles. The fraction of sp³-hybridized carbons (Fsp3) is 0.500. The van der Waals surface area contributed by atoms with Crippen LogP contribution in [0.25, 0.3) is 0 Å². The van der Waals surface area contributed by atoms with E-state index in [1.807, 2.05) is 13.8 Å². The highest BCUT2D eigenvalue weighted by atomic mass is 19.1. The van der Waals surface area contributed by atoms with Crippen LogP contribution >= 0.6 is 0 Å². The molecule has 2 atom stereocenters. The number of anilines is 1. The predicted molar refractivity (Wildman–Crippen MR) is 73.9 cm³/mol. The lowest BCUT2D eigenvalue weighted by atomic mass is 10.2. The molecule has 0 saturated carbocycles. The highest BCUT2D eigenvalue weighted by Crippen LogP contribution is 2.21. The van der Waals surface area contributed by atoms with E-state index in [1.54, 1.807) is 6.92 Å². The number of methoxy groups -OCH3 is 1. The van der Waals surface area contributed by atoms with Gasteiger partial charge in [0.2, 0.25) is 5.91 Å². The molecule has 1 aromatic rings. The molecular formula is C14H21FN2O2. The Labute approximate surface area is 113 Å². The van der Waals surface area contributed by atoms with Gasteiger partial charge in [-0.3, -0.25) is 4.79 Å². The lowest BCUT2D eigenvalue weighted by Crippen LogP contribution is -2.42. The summed E-state index contributed by atoms with van der Waals surface area (Å²) >= 11 is 0. The van der Waals surface area contributed by atoms with Gasteiger partial charge in [0.25, 0.3) is 0 Å². The van der Waals surface area contributed by atoms with Crippen LogP contribution in [-0.2, 0) is 4.79 Å². The molecule has 0 bridgehead atoms. The molecule has 0 heterocycles. The van der Waals surface area contributed by atoms with Crippen molar-refractivity contribution in [1.82, 2.24) is 5.32 Å². The number of carbonyl (C=O) groups excluding carboxylic acids is 1. The summed E-state index contributed by atoms with van der Waals surface area (Å²) < 4.78 is 18.6.